The van der Waals surface area contributed by atoms with Crippen LogP contribution < -0.4 is 5.32 Å². The van der Waals surface area contributed by atoms with Crippen molar-refractivity contribution in [3.63, 3.8) is 0 Å². The van der Waals surface area contributed by atoms with E-state index in [1.807, 2.05) is 11.8 Å². The molecule has 1 heterocycles. The Morgan fingerprint density at radius 1 is 1.04 bits per heavy atom. The first-order valence-corrected chi connectivity index (χ1v) is 10.3. The molecule has 4 rings (SSSR count). The van der Waals surface area contributed by atoms with Crippen molar-refractivity contribution in [1.82, 2.24) is 5.32 Å². The van der Waals surface area contributed by atoms with Gasteiger partial charge >= 0.3 is 0 Å². The van der Waals surface area contributed by atoms with E-state index in [-0.39, 0.29) is 0 Å². The molecular formula is C23H24N2S. The first-order valence-electron chi connectivity index (χ1n) is 9.33. The van der Waals surface area contributed by atoms with E-state index in [9.17, 15) is 0 Å². The highest BCUT2D eigenvalue weighted by atomic mass is 32.2. The smallest absolute Gasteiger partial charge is 0.129 e. The second-order valence-electron chi connectivity index (χ2n) is 6.69. The minimum Gasteiger partial charge on any atom is -0.370 e. The summed E-state index contributed by atoms with van der Waals surface area (Å²) in [6.45, 7) is 1.95. The topological polar surface area (TPSA) is 24.4 Å². The Labute approximate surface area is 160 Å². The molecule has 26 heavy (non-hydrogen) atoms. The van der Waals surface area contributed by atoms with Gasteiger partial charge in [0.25, 0.3) is 0 Å². The minimum absolute atomic E-state index is 0.512. The third-order valence-corrected chi connectivity index (χ3v) is 5.98. The maximum atomic E-state index is 4.66. The molecule has 0 aromatic heterocycles. The summed E-state index contributed by atoms with van der Waals surface area (Å²) in [6, 6.07) is 19.4. The zero-order valence-corrected chi connectivity index (χ0v) is 15.7. The van der Waals surface area contributed by atoms with E-state index in [1.165, 1.54) is 21.6 Å². The maximum Gasteiger partial charge on any atom is 0.129 e. The lowest BCUT2D eigenvalue weighted by atomic mass is 9.91. The monoisotopic (exact) mass is 360 g/mol. The van der Waals surface area contributed by atoms with Gasteiger partial charge in [0.05, 0.1) is 0 Å². The molecule has 2 nitrogen and oxygen atoms in total. The van der Waals surface area contributed by atoms with E-state index >= 15 is 0 Å². The van der Waals surface area contributed by atoms with Crippen LogP contribution in [0.3, 0.4) is 0 Å². The largest absolute Gasteiger partial charge is 0.370 e. The Balaban J connectivity index is 1.40. The number of aliphatic imine (C=N–C) groups is 1. The first kappa shape index (κ1) is 17.2. The van der Waals surface area contributed by atoms with Gasteiger partial charge in [0.1, 0.15) is 5.84 Å². The van der Waals surface area contributed by atoms with Gasteiger partial charge in [-0.05, 0) is 30.0 Å². The van der Waals surface area contributed by atoms with Crippen molar-refractivity contribution < 1.29 is 0 Å². The first-order chi connectivity index (χ1) is 12.9. The van der Waals surface area contributed by atoms with E-state index in [0.29, 0.717) is 5.92 Å². The molecule has 0 bridgehead atoms. The van der Waals surface area contributed by atoms with Crippen LogP contribution in [0.4, 0.5) is 0 Å². The van der Waals surface area contributed by atoms with Crippen molar-refractivity contribution in [1.29, 1.82) is 0 Å². The summed E-state index contributed by atoms with van der Waals surface area (Å²) in [5, 5.41) is 3.45. The predicted molar refractivity (Wildman–Crippen MR) is 112 cm³/mol. The molecule has 1 N–H and O–H groups in total. The van der Waals surface area contributed by atoms with Crippen molar-refractivity contribution in [3.8, 4) is 0 Å². The summed E-state index contributed by atoms with van der Waals surface area (Å²) >= 11 is 1.90. The molecule has 1 aliphatic heterocycles. The van der Waals surface area contributed by atoms with Crippen LogP contribution in [0.25, 0.3) is 0 Å². The van der Waals surface area contributed by atoms with Gasteiger partial charge in [-0.3, -0.25) is 4.99 Å². The van der Waals surface area contributed by atoms with Crippen LogP contribution in [-0.2, 0) is 0 Å². The SMILES string of the molecule is C1=CC(c2ccccc2)CC=C1CSc1ccccc1C1=NCCCN1. The Hall–Kier alpha value is -2.26. The second-order valence-corrected chi connectivity index (χ2v) is 7.70. The molecule has 0 amide bonds. The van der Waals surface area contributed by atoms with Crippen LogP contribution in [0, 0.1) is 0 Å². The highest BCUT2D eigenvalue weighted by Crippen LogP contribution is 2.30. The molecule has 3 heteroatoms. The summed E-state index contributed by atoms with van der Waals surface area (Å²) in [5.41, 5.74) is 4.05. The summed E-state index contributed by atoms with van der Waals surface area (Å²) in [7, 11) is 0. The molecule has 2 aromatic rings. The van der Waals surface area contributed by atoms with Crippen LogP contribution in [0.15, 0.2) is 88.3 Å². The van der Waals surface area contributed by atoms with Gasteiger partial charge in [0, 0.05) is 35.2 Å². The van der Waals surface area contributed by atoms with Crippen LogP contribution in [0.5, 0.6) is 0 Å². The summed E-state index contributed by atoms with van der Waals surface area (Å²) in [4.78, 5) is 5.97. The number of benzene rings is 2. The van der Waals surface area contributed by atoms with Gasteiger partial charge in [-0.2, -0.15) is 0 Å². The summed E-state index contributed by atoms with van der Waals surface area (Å²) in [5.74, 6) is 2.57. The Kier molecular flexibility index (Phi) is 5.56. The van der Waals surface area contributed by atoms with Gasteiger partial charge in [-0.1, -0.05) is 66.8 Å². The van der Waals surface area contributed by atoms with Crippen molar-refractivity contribution in [2.45, 2.75) is 23.7 Å². The van der Waals surface area contributed by atoms with Crippen molar-refractivity contribution in [3.05, 3.63) is 89.5 Å². The van der Waals surface area contributed by atoms with E-state index in [2.05, 4.69) is 83.1 Å². The fraction of sp³-hybridized carbons (Fsp3) is 0.261. The van der Waals surface area contributed by atoms with Gasteiger partial charge in [-0.25, -0.2) is 0 Å². The average molecular weight is 361 g/mol. The quantitative estimate of drug-likeness (QED) is 0.742. The highest BCUT2D eigenvalue weighted by molar-refractivity contribution is 7.99. The molecule has 0 saturated carbocycles. The second kappa shape index (κ2) is 8.41. The number of hydrogen-bond acceptors (Lipinski definition) is 3. The molecule has 1 atom stereocenters. The van der Waals surface area contributed by atoms with Crippen LogP contribution in [0.2, 0.25) is 0 Å². The summed E-state index contributed by atoms with van der Waals surface area (Å²) in [6.07, 6.45) is 9.26. The van der Waals surface area contributed by atoms with E-state index < -0.39 is 0 Å². The third kappa shape index (κ3) is 4.10. The van der Waals surface area contributed by atoms with Gasteiger partial charge in [0.2, 0.25) is 0 Å². The van der Waals surface area contributed by atoms with E-state index in [4.69, 9.17) is 0 Å². The molecule has 2 aliphatic rings. The Morgan fingerprint density at radius 2 is 1.88 bits per heavy atom. The lowest BCUT2D eigenvalue weighted by molar-refractivity contribution is 0.741. The Morgan fingerprint density at radius 3 is 2.65 bits per heavy atom. The molecule has 0 saturated heterocycles. The lowest BCUT2D eigenvalue weighted by Crippen LogP contribution is -2.30. The molecular weight excluding hydrogens is 336 g/mol. The van der Waals surface area contributed by atoms with E-state index in [1.54, 1.807) is 0 Å². The molecule has 0 fully saturated rings. The average Bonchev–Trinajstić information content (AvgIpc) is 2.74. The highest BCUT2D eigenvalue weighted by Gasteiger charge is 2.14. The molecule has 132 valence electrons. The van der Waals surface area contributed by atoms with Crippen LogP contribution in [-0.4, -0.2) is 24.7 Å². The fourth-order valence-corrected chi connectivity index (χ4v) is 4.41. The molecule has 2 aromatic carbocycles. The van der Waals surface area contributed by atoms with Crippen LogP contribution >= 0.6 is 11.8 Å². The zero-order valence-electron chi connectivity index (χ0n) is 14.9. The minimum atomic E-state index is 0.512. The van der Waals surface area contributed by atoms with Gasteiger partial charge in [-0.15, -0.1) is 11.8 Å². The maximum absolute atomic E-state index is 4.66. The molecule has 0 spiro atoms. The van der Waals surface area contributed by atoms with Gasteiger partial charge in [0.15, 0.2) is 0 Å². The number of thioether (sulfide) groups is 1. The number of nitrogens with one attached hydrogen (secondary N) is 1. The predicted octanol–water partition coefficient (Wildman–Crippen LogP) is 5.19. The normalized spacial score (nSPS) is 19.5. The standard InChI is InChI=1S/C23H24N2S/c1-2-7-19(8-3-1)20-13-11-18(12-14-20)17-26-22-10-5-4-9-21(22)23-24-15-6-16-25-23/h1-5,7-13,20H,6,14-17H2,(H,24,25). The van der Waals surface area contributed by atoms with Crippen molar-refractivity contribution in [2.24, 2.45) is 4.99 Å². The number of hydrogen-bond donors (Lipinski definition) is 1. The van der Waals surface area contributed by atoms with Crippen molar-refractivity contribution >= 4 is 17.6 Å². The molecule has 0 radical (unpaired) electrons. The van der Waals surface area contributed by atoms with Crippen molar-refractivity contribution in [2.75, 3.05) is 18.8 Å². The number of rotatable bonds is 5. The Bertz CT molecular complexity index is 836. The molecule has 1 aliphatic carbocycles. The molecule has 1 unspecified atom stereocenters. The van der Waals surface area contributed by atoms with E-state index in [0.717, 1.165) is 37.5 Å². The lowest BCUT2D eigenvalue weighted by Gasteiger charge is -2.18. The number of nitrogens with zero attached hydrogens (tertiary/aromatic N) is 1. The van der Waals surface area contributed by atoms with Gasteiger partial charge < -0.3 is 5.32 Å². The number of amidine groups is 1. The number of allylic oxidation sites excluding steroid dienone is 3. The third-order valence-electron chi connectivity index (χ3n) is 4.84. The fourth-order valence-electron chi connectivity index (χ4n) is 3.38. The van der Waals surface area contributed by atoms with Crippen LogP contribution in [0.1, 0.15) is 29.9 Å². The zero-order chi connectivity index (χ0) is 17.6. The summed E-state index contributed by atoms with van der Waals surface area (Å²) < 4.78 is 0.